The van der Waals surface area contributed by atoms with Crippen LogP contribution in [0.5, 0.6) is 0 Å². The van der Waals surface area contributed by atoms with Gasteiger partial charge in [-0.15, -0.1) is 12.4 Å². The van der Waals surface area contributed by atoms with Crippen molar-refractivity contribution in [3.63, 3.8) is 0 Å². The van der Waals surface area contributed by atoms with Crippen LogP contribution in [0.15, 0.2) is 42.6 Å². The Bertz CT molecular complexity index is 942. The number of aryl methyl sites for hydroxylation is 1. The van der Waals surface area contributed by atoms with Crippen molar-refractivity contribution in [1.82, 2.24) is 20.4 Å². The molecule has 2 aromatic carbocycles. The van der Waals surface area contributed by atoms with Crippen LogP contribution in [0, 0.1) is 12.7 Å². The highest BCUT2D eigenvalue weighted by Crippen LogP contribution is 2.27. The van der Waals surface area contributed by atoms with Gasteiger partial charge in [0, 0.05) is 25.0 Å². The fourth-order valence-corrected chi connectivity index (χ4v) is 3.49. The SMILES string of the molecule is Cc1cc(C(=O)N2CCNCC2c2cccc(F)c2)c2[nH]ncc2c1.Cl. The Balaban J connectivity index is 0.00000196. The number of rotatable bonds is 2. The van der Waals surface area contributed by atoms with Crippen LogP contribution in [-0.4, -0.2) is 40.6 Å². The Morgan fingerprint density at radius 1 is 1.31 bits per heavy atom. The standard InChI is InChI=1S/C19H19FN4O.ClH/c1-12-7-14-10-22-23-18(14)16(8-12)19(25)24-6-5-21-11-17(24)13-3-2-4-15(20)9-13;/h2-4,7-10,17,21H,5-6,11H2,1H3,(H,22,23);1H. The number of hydrogen-bond acceptors (Lipinski definition) is 3. The smallest absolute Gasteiger partial charge is 0.256 e. The number of nitrogens with one attached hydrogen (secondary N) is 2. The van der Waals surface area contributed by atoms with Crippen LogP contribution < -0.4 is 5.32 Å². The van der Waals surface area contributed by atoms with Crippen molar-refractivity contribution in [2.24, 2.45) is 0 Å². The van der Waals surface area contributed by atoms with Crippen LogP contribution in [0.2, 0.25) is 0 Å². The molecule has 3 aromatic rings. The second-order valence-electron chi connectivity index (χ2n) is 6.42. The van der Waals surface area contributed by atoms with Gasteiger partial charge in [0.05, 0.1) is 23.3 Å². The molecule has 1 atom stereocenters. The molecular formula is C19H20ClFN4O. The Kier molecular flexibility index (Phi) is 5.25. The predicted molar refractivity (Wildman–Crippen MR) is 101 cm³/mol. The Hall–Kier alpha value is -2.44. The lowest BCUT2D eigenvalue weighted by molar-refractivity contribution is 0.0635. The number of carbonyl (C=O) groups is 1. The number of fused-ring (bicyclic) bond motifs is 1. The zero-order valence-corrected chi connectivity index (χ0v) is 15.1. The average Bonchev–Trinajstić information content (AvgIpc) is 3.08. The maximum Gasteiger partial charge on any atom is 0.256 e. The van der Waals surface area contributed by atoms with E-state index in [1.807, 2.05) is 30.0 Å². The minimum absolute atomic E-state index is 0. The molecule has 2 heterocycles. The highest BCUT2D eigenvalue weighted by Gasteiger charge is 2.30. The number of hydrogen-bond donors (Lipinski definition) is 2. The molecule has 0 aliphatic carbocycles. The first-order valence-electron chi connectivity index (χ1n) is 8.34. The van der Waals surface area contributed by atoms with Crippen molar-refractivity contribution in [1.29, 1.82) is 0 Å². The van der Waals surface area contributed by atoms with Crippen LogP contribution >= 0.6 is 12.4 Å². The number of H-pyrrole nitrogens is 1. The molecule has 5 nitrogen and oxygen atoms in total. The number of piperazine rings is 1. The first-order valence-corrected chi connectivity index (χ1v) is 8.34. The second-order valence-corrected chi connectivity index (χ2v) is 6.42. The van der Waals surface area contributed by atoms with Crippen molar-refractivity contribution >= 4 is 29.2 Å². The molecule has 26 heavy (non-hydrogen) atoms. The van der Waals surface area contributed by atoms with Gasteiger partial charge in [0.25, 0.3) is 5.91 Å². The van der Waals surface area contributed by atoms with Gasteiger partial charge in [-0.3, -0.25) is 9.89 Å². The monoisotopic (exact) mass is 374 g/mol. The van der Waals surface area contributed by atoms with Crippen LogP contribution in [0.4, 0.5) is 4.39 Å². The van der Waals surface area contributed by atoms with Crippen molar-refractivity contribution in [2.45, 2.75) is 13.0 Å². The molecule has 136 valence electrons. The molecule has 2 N–H and O–H groups in total. The van der Waals surface area contributed by atoms with Gasteiger partial charge in [0.2, 0.25) is 0 Å². The quantitative estimate of drug-likeness (QED) is 0.724. The fourth-order valence-electron chi connectivity index (χ4n) is 3.49. The maximum absolute atomic E-state index is 13.7. The van der Waals surface area contributed by atoms with Crippen LogP contribution in [-0.2, 0) is 0 Å². The van der Waals surface area contributed by atoms with Gasteiger partial charge in [-0.05, 0) is 42.3 Å². The third kappa shape index (κ3) is 3.30. The molecule has 1 aliphatic rings. The van der Waals surface area contributed by atoms with Gasteiger partial charge in [0.15, 0.2) is 0 Å². The Labute approximate surface area is 157 Å². The topological polar surface area (TPSA) is 61.0 Å². The van der Waals surface area contributed by atoms with Crippen molar-refractivity contribution < 1.29 is 9.18 Å². The van der Waals surface area contributed by atoms with Gasteiger partial charge in [-0.25, -0.2) is 4.39 Å². The van der Waals surface area contributed by atoms with Crippen LogP contribution in [0.3, 0.4) is 0 Å². The summed E-state index contributed by atoms with van der Waals surface area (Å²) in [4.78, 5) is 15.1. The van der Waals surface area contributed by atoms with Gasteiger partial charge in [0.1, 0.15) is 5.82 Å². The van der Waals surface area contributed by atoms with E-state index in [-0.39, 0.29) is 30.2 Å². The molecule has 1 unspecified atom stereocenters. The minimum Gasteiger partial charge on any atom is -0.329 e. The number of benzene rings is 2. The normalized spacial score (nSPS) is 17.2. The summed E-state index contributed by atoms with van der Waals surface area (Å²) in [6.45, 7) is 3.86. The summed E-state index contributed by atoms with van der Waals surface area (Å²) >= 11 is 0. The van der Waals surface area contributed by atoms with Crippen molar-refractivity contribution in [3.8, 4) is 0 Å². The molecular weight excluding hydrogens is 355 g/mol. The lowest BCUT2D eigenvalue weighted by Crippen LogP contribution is -2.48. The van der Waals surface area contributed by atoms with Crippen molar-refractivity contribution in [3.05, 3.63) is 65.1 Å². The summed E-state index contributed by atoms with van der Waals surface area (Å²) in [7, 11) is 0. The van der Waals surface area contributed by atoms with E-state index in [9.17, 15) is 9.18 Å². The third-order valence-corrected chi connectivity index (χ3v) is 4.66. The molecule has 0 radical (unpaired) electrons. The number of halogens is 2. The van der Waals surface area contributed by atoms with Gasteiger partial charge < -0.3 is 10.2 Å². The van der Waals surface area contributed by atoms with E-state index >= 15 is 0 Å². The highest BCUT2D eigenvalue weighted by atomic mass is 35.5. The summed E-state index contributed by atoms with van der Waals surface area (Å²) in [6.07, 6.45) is 1.72. The van der Waals surface area contributed by atoms with E-state index in [2.05, 4.69) is 15.5 Å². The van der Waals surface area contributed by atoms with E-state index in [1.54, 1.807) is 12.3 Å². The summed E-state index contributed by atoms with van der Waals surface area (Å²) in [6, 6.07) is 10.1. The maximum atomic E-state index is 13.7. The first kappa shape index (κ1) is 18.4. The molecule has 1 aliphatic heterocycles. The molecule has 7 heteroatoms. The summed E-state index contributed by atoms with van der Waals surface area (Å²) < 4.78 is 13.7. The molecule has 1 amide bonds. The lowest BCUT2D eigenvalue weighted by atomic mass is 10.0. The fraction of sp³-hybridized carbons (Fsp3) is 0.263. The molecule has 1 aromatic heterocycles. The van der Waals surface area contributed by atoms with Gasteiger partial charge in [-0.2, -0.15) is 5.10 Å². The summed E-state index contributed by atoms with van der Waals surface area (Å²) in [5.74, 6) is -0.351. The third-order valence-electron chi connectivity index (χ3n) is 4.66. The zero-order chi connectivity index (χ0) is 17.4. The van der Waals surface area contributed by atoms with Crippen LogP contribution in [0.25, 0.3) is 10.9 Å². The Morgan fingerprint density at radius 3 is 2.96 bits per heavy atom. The molecule has 0 spiro atoms. The summed E-state index contributed by atoms with van der Waals surface area (Å²) in [5, 5.41) is 11.2. The van der Waals surface area contributed by atoms with E-state index in [4.69, 9.17) is 0 Å². The molecule has 0 bridgehead atoms. The largest absolute Gasteiger partial charge is 0.329 e. The van der Waals surface area contributed by atoms with E-state index < -0.39 is 0 Å². The Morgan fingerprint density at radius 2 is 2.15 bits per heavy atom. The number of nitrogens with zero attached hydrogens (tertiary/aromatic N) is 2. The zero-order valence-electron chi connectivity index (χ0n) is 14.3. The predicted octanol–water partition coefficient (Wildman–Crippen LogP) is 3.22. The van der Waals surface area contributed by atoms with E-state index in [0.717, 1.165) is 28.6 Å². The molecule has 0 saturated carbocycles. The van der Waals surface area contributed by atoms with E-state index in [1.165, 1.54) is 12.1 Å². The molecule has 1 saturated heterocycles. The first-order chi connectivity index (χ1) is 12.1. The summed E-state index contributed by atoms with van der Waals surface area (Å²) in [5.41, 5.74) is 3.16. The second kappa shape index (κ2) is 7.43. The molecule has 4 rings (SSSR count). The van der Waals surface area contributed by atoms with Crippen LogP contribution in [0.1, 0.15) is 27.5 Å². The number of aromatic amines is 1. The van der Waals surface area contributed by atoms with Crippen molar-refractivity contribution in [2.75, 3.05) is 19.6 Å². The highest BCUT2D eigenvalue weighted by molar-refractivity contribution is 6.06. The molecule has 1 fully saturated rings. The van der Waals surface area contributed by atoms with Gasteiger partial charge >= 0.3 is 0 Å². The number of carbonyl (C=O) groups excluding carboxylic acids is 1. The lowest BCUT2D eigenvalue weighted by Gasteiger charge is -2.36. The number of aromatic nitrogens is 2. The van der Waals surface area contributed by atoms with Gasteiger partial charge in [-0.1, -0.05) is 12.1 Å². The number of amides is 1. The minimum atomic E-state index is -0.290. The average molecular weight is 375 g/mol. The van der Waals surface area contributed by atoms with E-state index in [0.29, 0.717) is 18.7 Å².